The number of carbonyl (C=O) groups excluding carboxylic acids is 1. The zero-order chi connectivity index (χ0) is 16.0. The van der Waals surface area contributed by atoms with Gasteiger partial charge in [-0.25, -0.2) is 0 Å². The first-order chi connectivity index (χ1) is 9.72. The molecular weight excluding hydrogens is 264 g/mol. The topological polar surface area (TPSA) is 64.3 Å². The Kier molecular flexibility index (Phi) is 6.21. The summed E-state index contributed by atoms with van der Waals surface area (Å²) in [5, 5.41) is 2.88. The predicted molar refractivity (Wildman–Crippen MR) is 86.5 cm³/mol. The van der Waals surface area contributed by atoms with Gasteiger partial charge >= 0.3 is 0 Å². The van der Waals surface area contributed by atoms with Crippen molar-refractivity contribution in [1.82, 2.24) is 5.32 Å². The van der Waals surface area contributed by atoms with Crippen molar-refractivity contribution < 1.29 is 9.53 Å². The Bertz CT molecular complexity index is 450. The molecule has 0 unspecified atom stereocenters. The van der Waals surface area contributed by atoms with Crippen molar-refractivity contribution in [2.75, 3.05) is 13.2 Å². The largest absolute Gasteiger partial charge is 0.493 e. The lowest BCUT2D eigenvalue weighted by atomic mass is 9.84. The van der Waals surface area contributed by atoms with Gasteiger partial charge < -0.3 is 15.8 Å². The molecular formula is C17H28N2O2. The second-order valence-electron chi connectivity index (χ2n) is 6.62. The van der Waals surface area contributed by atoms with Gasteiger partial charge in [-0.15, -0.1) is 0 Å². The third-order valence-electron chi connectivity index (χ3n) is 3.34. The van der Waals surface area contributed by atoms with E-state index in [0.717, 1.165) is 11.3 Å². The minimum Gasteiger partial charge on any atom is -0.493 e. The van der Waals surface area contributed by atoms with Crippen LogP contribution in [0, 0.1) is 5.92 Å². The first-order valence-corrected chi connectivity index (χ1v) is 7.49. The standard InChI is InChI=1S/C17H28N2O2/c1-12(2)10-21-15-8-6-14(7-9-15)17(4,5)11-19-16(20)13(3)18/h6-9,12-13H,10-11,18H2,1-5H3,(H,19,20)/t13-/m1/s1. The molecule has 0 saturated carbocycles. The molecule has 0 aliphatic carbocycles. The maximum Gasteiger partial charge on any atom is 0.236 e. The highest BCUT2D eigenvalue weighted by atomic mass is 16.5. The molecule has 4 heteroatoms. The van der Waals surface area contributed by atoms with Crippen LogP contribution < -0.4 is 15.8 Å². The summed E-state index contributed by atoms with van der Waals surface area (Å²) in [4.78, 5) is 11.6. The van der Waals surface area contributed by atoms with E-state index >= 15 is 0 Å². The highest BCUT2D eigenvalue weighted by molar-refractivity contribution is 5.81. The fraction of sp³-hybridized carbons (Fsp3) is 0.588. The third-order valence-corrected chi connectivity index (χ3v) is 3.34. The molecule has 4 nitrogen and oxygen atoms in total. The zero-order valence-corrected chi connectivity index (χ0v) is 13.8. The molecule has 1 atom stereocenters. The minimum absolute atomic E-state index is 0.125. The SMILES string of the molecule is CC(C)COc1ccc(C(C)(C)CNC(=O)[C@@H](C)N)cc1. The lowest BCUT2D eigenvalue weighted by molar-refractivity contribution is -0.122. The number of nitrogens with two attached hydrogens (primary N) is 1. The van der Waals surface area contributed by atoms with Gasteiger partial charge in [0.25, 0.3) is 0 Å². The van der Waals surface area contributed by atoms with Gasteiger partial charge in [-0.1, -0.05) is 39.8 Å². The normalized spacial score (nSPS) is 13.1. The van der Waals surface area contributed by atoms with Gasteiger partial charge in [-0.3, -0.25) is 4.79 Å². The van der Waals surface area contributed by atoms with Crippen molar-refractivity contribution in [3.8, 4) is 5.75 Å². The number of nitrogens with one attached hydrogen (secondary N) is 1. The number of amides is 1. The molecule has 3 N–H and O–H groups in total. The van der Waals surface area contributed by atoms with Gasteiger partial charge in [0, 0.05) is 12.0 Å². The zero-order valence-electron chi connectivity index (χ0n) is 13.8. The maximum absolute atomic E-state index is 11.6. The quantitative estimate of drug-likeness (QED) is 0.811. The number of carbonyl (C=O) groups is 1. The minimum atomic E-state index is -0.479. The average molecular weight is 292 g/mol. The molecule has 0 fully saturated rings. The van der Waals surface area contributed by atoms with Crippen LogP contribution in [0.15, 0.2) is 24.3 Å². The van der Waals surface area contributed by atoms with Gasteiger partial charge in [-0.05, 0) is 30.5 Å². The Morgan fingerprint density at radius 1 is 1.24 bits per heavy atom. The van der Waals surface area contributed by atoms with Gasteiger partial charge in [0.05, 0.1) is 12.6 Å². The van der Waals surface area contributed by atoms with Crippen LogP contribution in [-0.2, 0) is 10.2 Å². The molecule has 0 bridgehead atoms. The molecule has 1 amide bonds. The van der Waals surface area contributed by atoms with E-state index in [9.17, 15) is 4.79 Å². The summed E-state index contributed by atoms with van der Waals surface area (Å²) in [6.45, 7) is 11.4. The first kappa shape index (κ1) is 17.5. The lowest BCUT2D eigenvalue weighted by Gasteiger charge is -2.26. The molecule has 0 radical (unpaired) electrons. The highest BCUT2D eigenvalue weighted by Gasteiger charge is 2.22. The second-order valence-corrected chi connectivity index (χ2v) is 6.62. The summed E-state index contributed by atoms with van der Waals surface area (Å²) in [6.07, 6.45) is 0. The van der Waals surface area contributed by atoms with Gasteiger partial charge in [-0.2, -0.15) is 0 Å². The van der Waals surface area contributed by atoms with E-state index < -0.39 is 6.04 Å². The fourth-order valence-electron chi connectivity index (χ4n) is 1.84. The molecule has 0 aromatic heterocycles. The maximum atomic E-state index is 11.6. The Balaban J connectivity index is 2.64. The first-order valence-electron chi connectivity index (χ1n) is 7.49. The molecule has 21 heavy (non-hydrogen) atoms. The molecule has 0 aliphatic heterocycles. The van der Waals surface area contributed by atoms with Gasteiger partial charge in [0.15, 0.2) is 0 Å². The predicted octanol–water partition coefficient (Wildman–Crippen LogP) is 2.46. The van der Waals surface area contributed by atoms with Crippen LogP contribution in [0.5, 0.6) is 5.75 Å². The Morgan fingerprint density at radius 2 is 1.81 bits per heavy atom. The summed E-state index contributed by atoms with van der Waals surface area (Å²) in [5.74, 6) is 1.26. The van der Waals surface area contributed by atoms with Crippen LogP contribution in [0.4, 0.5) is 0 Å². The molecule has 0 spiro atoms. The van der Waals surface area contributed by atoms with Crippen molar-refractivity contribution in [2.45, 2.75) is 46.1 Å². The van der Waals surface area contributed by atoms with E-state index in [-0.39, 0.29) is 11.3 Å². The number of ether oxygens (including phenoxy) is 1. The monoisotopic (exact) mass is 292 g/mol. The van der Waals surface area contributed by atoms with E-state index in [1.807, 2.05) is 24.3 Å². The smallest absolute Gasteiger partial charge is 0.236 e. The molecule has 1 rings (SSSR count). The van der Waals surface area contributed by atoms with E-state index in [1.165, 1.54) is 0 Å². The molecule has 0 aliphatic rings. The molecule has 118 valence electrons. The Labute approximate surface area is 128 Å². The van der Waals surface area contributed by atoms with Crippen molar-refractivity contribution in [3.63, 3.8) is 0 Å². The van der Waals surface area contributed by atoms with Crippen LogP contribution in [-0.4, -0.2) is 25.1 Å². The van der Waals surface area contributed by atoms with E-state index in [4.69, 9.17) is 10.5 Å². The van der Waals surface area contributed by atoms with Crippen LogP contribution in [0.3, 0.4) is 0 Å². The average Bonchev–Trinajstić information content (AvgIpc) is 2.43. The number of hydrogen-bond donors (Lipinski definition) is 2. The van der Waals surface area contributed by atoms with Crippen molar-refractivity contribution in [2.24, 2.45) is 11.7 Å². The summed E-state index contributed by atoms with van der Waals surface area (Å²) < 4.78 is 5.68. The van der Waals surface area contributed by atoms with Gasteiger partial charge in [0.1, 0.15) is 5.75 Å². The molecule has 0 heterocycles. The summed E-state index contributed by atoms with van der Waals surface area (Å²) in [6, 6.07) is 7.58. The summed E-state index contributed by atoms with van der Waals surface area (Å²) in [7, 11) is 0. The number of rotatable bonds is 7. The van der Waals surface area contributed by atoms with Crippen LogP contribution in [0.25, 0.3) is 0 Å². The Morgan fingerprint density at radius 3 is 2.29 bits per heavy atom. The summed E-state index contributed by atoms with van der Waals surface area (Å²) >= 11 is 0. The van der Waals surface area contributed by atoms with Crippen LogP contribution in [0.1, 0.15) is 40.2 Å². The molecule has 1 aromatic carbocycles. The Hall–Kier alpha value is -1.55. The van der Waals surface area contributed by atoms with E-state index in [2.05, 4.69) is 33.0 Å². The van der Waals surface area contributed by atoms with Gasteiger partial charge in [0.2, 0.25) is 5.91 Å². The van der Waals surface area contributed by atoms with E-state index in [1.54, 1.807) is 6.92 Å². The van der Waals surface area contributed by atoms with Crippen LogP contribution >= 0.6 is 0 Å². The fourth-order valence-corrected chi connectivity index (χ4v) is 1.84. The third kappa shape index (κ3) is 5.76. The number of benzene rings is 1. The number of hydrogen-bond acceptors (Lipinski definition) is 3. The van der Waals surface area contributed by atoms with Crippen LogP contribution in [0.2, 0.25) is 0 Å². The van der Waals surface area contributed by atoms with E-state index in [0.29, 0.717) is 19.1 Å². The molecule has 0 saturated heterocycles. The highest BCUT2D eigenvalue weighted by Crippen LogP contribution is 2.24. The lowest BCUT2D eigenvalue weighted by Crippen LogP contribution is -2.43. The van der Waals surface area contributed by atoms with Crippen molar-refractivity contribution in [3.05, 3.63) is 29.8 Å². The van der Waals surface area contributed by atoms with Crippen molar-refractivity contribution >= 4 is 5.91 Å². The summed E-state index contributed by atoms with van der Waals surface area (Å²) in [5.41, 5.74) is 6.56. The second kappa shape index (κ2) is 7.46. The van der Waals surface area contributed by atoms with Crippen molar-refractivity contribution in [1.29, 1.82) is 0 Å². The molecule has 1 aromatic rings.